The maximum Gasteiger partial charge on any atom is 0.220 e. The molecule has 1 amide bonds. The van der Waals surface area contributed by atoms with Crippen LogP contribution in [0, 0.1) is 5.92 Å². The van der Waals surface area contributed by atoms with Crippen LogP contribution in [0.2, 0.25) is 0 Å². The van der Waals surface area contributed by atoms with Crippen molar-refractivity contribution in [3.8, 4) is 11.5 Å². The van der Waals surface area contributed by atoms with E-state index in [-0.39, 0.29) is 17.9 Å². The van der Waals surface area contributed by atoms with Crippen LogP contribution in [-0.4, -0.2) is 19.1 Å². The Kier molecular flexibility index (Phi) is 5.41. The summed E-state index contributed by atoms with van der Waals surface area (Å²) in [4.78, 5) is 12.4. The van der Waals surface area contributed by atoms with Crippen molar-refractivity contribution in [1.82, 2.24) is 5.32 Å². The third kappa shape index (κ3) is 4.09. The molecular formula is C19H23NO3S. The first-order valence-electron chi connectivity index (χ1n) is 8.33. The first-order chi connectivity index (χ1) is 11.6. The van der Waals surface area contributed by atoms with Gasteiger partial charge in [0.25, 0.3) is 0 Å². The zero-order valence-corrected chi connectivity index (χ0v) is 14.9. The number of ether oxygens (including phenoxy) is 2. The average Bonchev–Trinajstić information content (AvgIpc) is 3.10. The summed E-state index contributed by atoms with van der Waals surface area (Å²) in [6, 6.07) is 7.96. The number of hydrogen-bond donors (Lipinski definition) is 1. The second-order valence-corrected chi connectivity index (χ2v) is 7.10. The van der Waals surface area contributed by atoms with Crippen LogP contribution in [0.1, 0.15) is 37.4 Å². The van der Waals surface area contributed by atoms with Gasteiger partial charge >= 0.3 is 0 Å². The molecular weight excluding hydrogens is 322 g/mol. The van der Waals surface area contributed by atoms with E-state index in [2.05, 4.69) is 30.6 Å². The minimum absolute atomic E-state index is 0.0317. The molecule has 3 rings (SSSR count). The Balaban J connectivity index is 1.67. The Morgan fingerprint density at radius 2 is 2.00 bits per heavy atom. The Hall–Kier alpha value is -2.01. The molecule has 0 fully saturated rings. The highest BCUT2D eigenvalue weighted by atomic mass is 32.1. The highest BCUT2D eigenvalue weighted by Crippen LogP contribution is 2.34. The SMILES string of the molecule is CC(C)C(NC(=O)CCc1ccsc1)c1ccc2c(c1)OCCO2. The second-order valence-electron chi connectivity index (χ2n) is 6.32. The molecule has 1 N–H and O–H groups in total. The zero-order valence-electron chi connectivity index (χ0n) is 14.1. The monoisotopic (exact) mass is 345 g/mol. The van der Waals surface area contributed by atoms with Gasteiger partial charge in [-0.1, -0.05) is 19.9 Å². The summed E-state index contributed by atoms with van der Waals surface area (Å²) < 4.78 is 11.2. The highest BCUT2D eigenvalue weighted by Gasteiger charge is 2.21. The highest BCUT2D eigenvalue weighted by molar-refractivity contribution is 7.07. The number of nitrogens with one attached hydrogen (secondary N) is 1. The Morgan fingerprint density at radius 1 is 1.21 bits per heavy atom. The van der Waals surface area contributed by atoms with E-state index in [0.717, 1.165) is 23.5 Å². The normalized spacial score (nSPS) is 14.5. The molecule has 2 heterocycles. The number of amides is 1. The van der Waals surface area contributed by atoms with Gasteiger partial charge in [-0.05, 0) is 52.4 Å². The molecule has 0 saturated carbocycles. The van der Waals surface area contributed by atoms with Crippen molar-refractivity contribution in [3.05, 3.63) is 46.2 Å². The van der Waals surface area contributed by atoms with Gasteiger partial charge in [0, 0.05) is 6.42 Å². The van der Waals surface area contributed by atoms with Gasteiger partial charge in [-0.2, -0.15) is 11.3 Å². The molecule has 0 saturated heterocycles. The van der Waals surface area contributed by atoms with Gasteiger partial charge in [0.15, 0.2) is 11.5 Å². The van der Waals surface area contributed by atoms with Crippen molar-refractivity contribution >= 4 is 17.2 Å². The lowest BCUT2D eigenvalue weighted by Crippen LogP contribution is -2.32. The van der Waals surface area contributed by atoms with Crippen LogP contribution < -0.4 is 14.8 Å². The van der Waals surface area contributed by atoms with Crippen LogP contribution in [0.4, 0.5) is 0 Å². The lowest BCUT2D eigenvalue weighted by atomic mass is 9.95. The first kappa shape index (κ1) is 16.8. The van der Waals surface area contributed by atoms with Crippen LogP contribution in [0.3, 0.4) is 0 Å². The lowest BCUT2D eigenvalue weighted by molar-refractivity contribution is -0.122. The van der Waals surface area contributed by atoms with Crippen LogP contribution in [0.25, 0.3) is 0 Å². The van der Waals surface area contributed by atoms with Crippen molar-refractivity contribution in [2.45, 2.75) is 32.7 Å². The minimum atomic E-state index is -0.0317. The van der Waals surface area contributed by atoms with Crippen molar-refractivity contribution in [3.63, 3.8) is 0 Å². The molecule has 0 spiro atoms. The van der Waals surface area contributed by atoms with Crippen LogP contribution >= 0.6 is 11.3 Å². The number of fused-ring (bicyclic) bond motifs is 1. The fourth-order valence-corrected chi connectivity index (χ4v) is 3.53. The molecule has 1 aliphatic heterocycles. The van der Waals surface area contributed by atoms with Crippen molar-refractivity contribution in [1.29, 1.82) is 0 Å². The average molecular weight is 345 g/mol. The molecule has 5 heteroatoms. The van der Waals surface area contributed by atoms with Gasteiger partial charge in [0.05, 0.1) is 6.04 Å². The second kappa shape index (κ2) is 7.71. The molecule has 0 aliphatic carbocycles. The number of thiophene rings is 1. The van der Waals surface area contributed by atoms with E-state index in [9.17, 15) is 4.79 Å². The number of hydrogen-bond acceptors (Lipinski definition) is 4. The minimum Gasteiger partial charge on any atom is -0.486 e. The number of benzene rings is 1. The lowest BCUT2D eigenvalue weighted by Gasteiger charge is -2.25. The Morgan fingerprint density at radius 3 is 2.71 bits per heavy atom. The molecule has 4 nitrogen and oxygen atoms in total. The molecule has 1 aromatic carbocycles. The predicted octanol–water partition coefficient (Wildman–Crippen LogP) is 3.97. The van der Waals surface area contributed by atoms with Crippen molar-refractivity contribution in [2.24, 2.45) is 5.92 Å². The summed E-state index contributed by atoms with van der Waals surface area (Å²) >= 11 is 1.66. The third-order valence-electron chi connectivity index (χ3n) is 4.13. The fraction of sp³-hybridized carbons (Fsp3) is 0.421. The molecule has 0 bridgehead atoms. The van der Waals surface area contributed by atoms with E-state index >= 15 is 0 Å². The van der Waals surface area contributed by atoms with Crippen molar-refractivity contribution < 1.29 is 14.3 Å². The van der Waals surface area contributed by atoms with Gasteiger partial charge in [0.1, 0.15) is 13.2 Å². The Labute approximate surface area is 146 Å². The molecule has 1 aliphatic rings. The molecule has 1 aromatic heterocycles. The maximum absolute atomic E-state index is 12.4. The summed E-state index contributed by atoms with van der Waals surface area (Å²) in [5.41, 5.74) is 2.27. The van der Waals surface area contributed by atoms with Gasteiger partial charge in [-0.25, -0.2) is 0 Å². The van der Waals surface area contributed by atoms with Gasteiger partial charge < -0.3 is 14.8 Å². The summed E-state index contributed by atoms with van der Waals surface area (Å²) in [5.74, 6) is 1.90. The zero-order chi connectivity index (χ0) is 16.9. The summed E-state index contributed by atoms with van der Waals surface area (Å²) in [7, 11) is 0. The quantitative estimate of drug-likeness (QED) is 0.862. The summed E-state index contributed by atoms with van der Waals surface area (Å²) in [6.45, 7) is 5.37. The summed E-state index contributed by atoms with van der Waals surface area (Å²) in [6.07, 6.45) is 1.28. The van der Waals surface area contributed by atoms with E-state index in [1.165, 1.54) is 5.56 Å². The number of aryl methyl sites for hydroxylation is 1. The van der Waals surface area contributed by atoms with Crippen molar-refractivity contribution in [2.75, 3.05) is 13.2 Å². The largest absolute Gasteiger partial charge is 0.486 e. The number of rotatable bonds is 6. The fourth-order valence-electron chi connectivity index (χ4n) is 2.83. The molecule has 24 heavy (non-hydrogen) atoms. The van der Waals surface area contributed by atoms with Gasteiger partial charge in [-0.15, -0.1) is 0 Å². The van der Waals surface area contributed by atoms with E-state index in [1.807, 2.05) is 23.6 Å². The maximum atomic E-state index is 12.4. The number of carbonyl (C=O) groups excluding carboxylic acids is 1. The van der Waals surface area contributed by atoms with E-state index < -0.39 is 0 Å². The predicted molar refractivity (Wildman–Crippen MR) is 95.8 cm³/mol. The first-order valence-corrected chi connectivity index (χ1v) is 9.28. The van der Waals surface area contributed by atoms with Gasteiger partial charge in [0.2, 0.25) is 5.91 Å². The third-order valence-corrected chi connectivity index (χ3v) is 4.86. The van der Waals surface area contributed by atoms with Crippen LogP contribution in [-0.2, 0) is 11.2 Å². The molecule has 2 aromatic rings. The van der Waals surface area contributed by atoms with Crippen LogP contribution in [0.5, 0.6) is 11.5 Å². The molecule has 1 atom stereocenters. The van der Waals surface area contributed by atoms with E-state index in [4.69, 9.17) is 9.47 Å². The summed E-state index contributed by atoms with van der Waals surface area (Å²) in [5, 5.41) is 7.30. The van der Waals surface area contributed by atoms with E-state index in [1.54, 1.807) is 11.3 Å². The molecule has 128 valence electrons. The van der Waals surface area contributed by atoms with E-state index in [0.29, 0.717) is 19.6 Å². The van der Waals surface area contributed by atoms with Crippen LogP contribution in [0.15, 0.2) is 35.0 Å². The molecule has 1 unspecified atom stereocenters. The molecule has 0 radical (unpaired) electrons. The Bertz CT molecular complexity index is 682. The van der Waals surface area contributed by atoms with Gasteiger partial charge in [-0.3, -0.25) is 4.79 Å². The smallest absolute Gasteiger partial charge is 0.220 e. The number of carbonyl (C=O) groups is 1. The topological polar surface area (TPSA) is 47.6 Å². The standard InChI is InChI=1S/C19H23NO3S/c1-13(2)19(20-18(21)6-3-14-7-10-24-12-14)15-4-5-16-17(11-15)23-9-8-22-16/h4-5,7,10-13,19H,3,6,8-9H2,1-2H3,(H,20,21).